The fourth-order valence-electron chi connectivity index (χ4n) is 4.00. The second kappa shape index (κ2) is 14.8. The number of nitrogens with two attached hydrogens (primary N) is 2. The summed E-state index contributed by atoms with van der Waals surface area (Å²) in [5.41, 5.74) is 12.3. The Hall–Kier alpha value is -5.47. The smallest absolute Gasteiger partial charge is 0.322 e. The van der Waals surface area contributed by atoms with Crippen molar-refractivity contribution in [1.82, 2.24) is 33.8 Å². The van der Waals surface area contributed by atoms with Gasteiger partial charge in [0.25, 0.3) is 0 Å². The summed E-state index contributed by atoms with van der Waals surface area (Å²) in [5.74, 6) is 2.38. The third kappa shape index (κ3) is 8.78. The Bertz CT molecular complexity index is 1930. The van der Waals surface area contributed by atoms with Gasteiger partial charge >= 0.3 is 6.33 Å². The molecule has 0 saturated carbocycles. The van der Waals surface area contributed by atoms with Gasteiger partial charge in [-0.2, -0.15) is 32.7 Å². The minimum Gasteiger partial charge on any atom is -0.394 e. The standard InChI is InChI=1S/C10H16N4.C8H10N2.C6H10N6.C6H7N3/c1-6(11)7(2)12-10-13-8(3)9(4)14(10)5;1-7-8-4-3-5-10(8)6-9(7)2;1-4(10-7)8-6-9-5(2)11-12(6)3;1-8-5-9-4-2-3-6(9)7-8/h11H,1-5H3;3-6H,1-2H3;7H,1-3H3;2-5H,1H3/p+2. The van der Waals surface area contributed by atoms with Gasteiger partial charge in [-0.05, 0) is 40.3 Å². The number of amidine groups is 1. The highest BCUT2D eigenvalue weighted by molar-refractivity contribution is 6.38. The predicted octanol–water partition coefficient (Wildman–Crippen LogP) is -0.549. The van der Waals surface area contributed by atoms with Gasteiger partial charge in [0.1, 0.15) is 24.3 Å². The molecule has 6 aromatic heterocycles. The molecule has 0 aliphatic rings. The van der Waals surface area contributed by atoms with Crippen molar-refractivity contribution in [3.05, 3.63) is 72.2 Å². The summed E-state index contributed by atoms with van der Waals surface area (Å²) in [6.07, 6.45) is 8.03. The van der Waals surface area contributed by atoms with Crippen molar-refractivity contribution in [2.75, 3.05) is 0 Å². The molecule has 0 saturated heterocycles. The summed E-state index contributed by atoms with van der Waals surface area (Å²) >= 11 is 0. The van der Waals surface area contributed by atoms with Gasteiger partial charge in [0.2, 0.25) is 11.9 Å². The number of aliphatic imine (C=N–C) groups is 2. The Kier molecular flexibility index (Phi) is 11.2. The molecule has 0 aliphatic heterocycles. The molecule has 6 heterocycles. The molecule has 238 valence electrons. The molecule has 15 heteroatoms. The maximum Gasteiger partial charge on any atom is 0.322 e. The van der Waals surface area contributed by atoms with Crippen molar-refractivity contribution < 1.29 is 24.6 Å². The molecule has 0 bridgehead atoms. The Labute approximate surface area is 262 Å². The number of nitrogens with zero attached hydrogens (tertiary/aromatic N) is 13. The quantitative estimate of drug-likeness (QED) is 0.0897. The van der Waals surface area contributed by atoms with Gasteiger partial charge < -0.3 is 8.97 Å². The van der Waals surface area contributed by atoms with Crippen molar-refractivity contribution in [3.63, 3.8) is 0 Å². The van der Waals surface area contributed by atoms with Crippen LogP contribution in [0.3, 0.4) is 0 Å². The normalized spacial score (nSPS) is 11.4. The lowest BCUT2D eigenvalue weighted by atomic mass is 10.3. The van der Waals surface area contributed by atoms with E-state index in [0.717, 1.165) is 28.5 Å². The van der Waals surface area contributed by atoms with Crippen LogP contribution in [0.2, 0.25) is 0 Å². The van der Waals surface area contributed by atoms with Crippen LogP contribution in [0.25, 0.3) is 11.2 Å². The van der Waals surface area contributed by atoms with Gasteiger partial charge in [0.05, 0.1) is 24.6 Å². The van der Waals surface area contributed by atoms with Crippen molar-refractivity contribution in [2.45, 2.75) is 48.5 Å². The first kappa shape index (κ1) is 34.0. The molecule has 6 aromatic rings. The average molecular weight is 616 g/mol. The molecule has 0 radical (unpaired) electrons. The number of rotatable bonds is 3. The maximum absolute atomic E-state index is 5.63. The molecule has 45 heavy (non-hydrogen) atoms. The molecule has 0 atom stereocenters. The molecular formula is C30H45N15+2. The largest absolute Gasteiger partial charge is 0.394 e. The van der Waals surface area contributed by atoms with E-state index in [4.69, 9.17) is 10.9 Å². The van der Waals surface area contributed by atoms with Crippen LogP contribution in [0.15, 0.2) is 64.4 Å². The summed E-state index contributed by atoms with van der Waals surface area (Å²) in [6.45, 7) is 13.3. The van der Waals surface area contributed by atoms with Gasteiger partial charge in [-0.15, -0.1) is 0 Å². The second-order valence-electron chi connectivity index (χ2n) is 10.6. The van der Waals surface area contributed by atoms with Crippen LogP contribution in [0.1, 0.15) is 43.7 Å². The van der Waals surface area contributed by atoms with Gasteiger partial charge in [0, 0.05) is 44.9 Å². The lowest BCUT2D eigenvalue weighted by Crippen LogP contribution is -2.41. The van der Waals surface area contributed by atoms with E-state index in [-0.39, 0.29) is 0 Å². The Morgan fingerprint density at radius 1 is 1.02 bits per heavy atom. The zero-order valence-corrected chi connectivity index (χ0v) is 28.1. The van der Waals surface area contributed by atoms with Crippen LogP contribution in [0.4, 0.5) is 11.9 Å². The number of fused-ring (bicyclic) bond motifs is 2. The van der Waals surface area contributed by atoms with Crippen LogP contribution in [-0.4, -0.2) is 46.0 Å². The van der Waals surface area contributed by atoms with Gasteiger partial charge in [0.15, 0.2) is 11.5 Å². The summed E-state index contributed by atoms with van der Waals surface area (Å²) in [7, 11) is 7.69. The van der Waals surface area contributed by atoms with Crippen LogP contribution in [0, 0.1) is 27.7 Å². The second-order valence-corrected chi connectivity index (χ2v) is 10.6. The van der Waals surface area contributed by atoms with Gasteiger partial charge in [-0.25, -0.2) is 19.2 Å². The van der Waals surface area contributed by atoms with E-state index in [9.17, 15) is 0 Å². The van der Waals surface area contributed by atoms with E-state index in [1.165, 1.54) is 11.2 Å². The molecule has 0 aliphatic carbocycles. The lowest BCUT2D eigenvalue weighted by Gasteiger charge is -1.97. The first-order valence-corrected chi connectivity index (χ1v) is 14.2. The maximum atomic E-state index is 5.63. The number of aromatic nitrogens is 10. The van der Waals surface area contributed by atoms with E-state index in [0.29, 0.717) is 23.6 Å². The number of aryl methyl sites for hydroxylation is 6. The Morgan fingerprint density at radius 2 is 1.73 bits per heavy atom. The number of hydrogen-bond donors (Lipinski definition) is 2. The molecule has 0 aromatic carbocycles. The van der Waals surface area contributed by atoms with E-state index < -0.39 is 0 Å². The molecule has 15 nitrogen and oxygen atoms in total. The van der Waals surface area contributed by atoms with Crippen LogP contribution in [0.5, 0.6) is 0 Å². The topological polar surface area (TPSA) is 167 Å². The SMILES string of the molecule is CC(=[NH2+])C(C)=Nc1nc(C)c(C)n1C.CC(N=[NH2+])=Nc1nc(C)nn1C.C[c-]1[c-]2ccc[n+]2c[n+]1C.C[n+]1cn2cccc2[n-]1. The fourth-order valence-corrected chi connectivity index (χ4v) is 4.00. The van der Waals surface area contributed by atoms with E-state index in [2.05, 4.69) is 82.9 Å². The molecule has 0 fully saturated rings. The molecule has 4 N–H and O–H groups in total. The first-order chi connectivity index (χ1) is 21.2. The van der Waals surface area contributed by atoms with Crippen molar-refractivity contribution in [3.8, 4) is 0 Å². The summed E-state index contributed by atoms with van der Waals surface area (Å²) < 4.78 is 11.5. The highest BCUT2D eigenvalue weighted by Gasteiger charge is 2.08. The summed E-state index contributed by atoms with van der Waals surface area (Å²) in [5, 5.41) is 17.2. The van der Waals surface area contributed by atoms with Crippen molar-refractivity contribution in [2.24, 2.45) is 43.3 Å². The minimum absolute atomic E-state index is 0.477. The number of imidazole rings is 2. The number of hydrogen-bond acceptors (Lipinski definition) is 5. The van der Waals surface area contributed by atoms with Gasteiger partial charge in [-0.3, -0.25) is 19.6 Å². The molecule has 6 rings (SSSR count). The molecule has 0 spiro atoms. The monoisotopic (exact) mass is 615 g/mol. The molecular weight excluding hydrogens is 570 g/mol. The third-order valence-electron chi connectivity index (χ3n) is 7.01. The average Bonchev–Trinajstić information content (AvgIpc) is 3.82. The highest BCUT2D eigenvalue weighted by atomic mass is 15.4. The fraction of sp³-hybridized carbons (Fsp3) is 0.367. The van der Waals surface area contributed by atoms with Crippen LogP contribution >= 0.6 is 0 Å². The third-order valence-corrected chi connectivity index (χ3v) is 7.01. The van der Waals surface area contributed by atoms with Crippen molar-refractivity contribution in [1.29, 1.82) is 0 Å². The molecule has 0 unspecified atom stereocenters. The zero-order valence-electron chi connectivity index (χ0n) is 28.1. The van der Waals surface area contributed by atoms with Crippen LogP contribution in [-0.2, 0) is 28.2 Å². The van der Waals surface area contributed by atoms with E-state index in [1.807, 2.05) is 75.4 Å². The Balaban J connectivity index is 0.000000165. The Morgan fingerprint density at radius 3 is 2.27 bits per heavy atom. The van der Waals surface area contributed by atoms with Gasteiger partial charge in [-0.1, -0.05) is 18.3 Å². The summed E-state index contributed by atoms with van der Waals surface area (Å²) in [6, 6.07) is 8.12. The van der Waals surface area contributed by atoms with E-state index >= 15 is 0 Å². The predicted molar refractivity (Wildman–Crippen MR) is 170 cm³/mol. The van der Waals surface area contributed by atoms with E-state index in [1.54, 1.807) is 30.3 Å². The van der Waals surface area contributed by atoms with Crippen molar-refractivity contribution >= 4 is 40.3 Å². The highest BCUT2D eigenvalue weighted by Crippen LogP contribution is 2.15. The zero-order chi connectivity index (χ0) is 33.4. The van der Waals surface area contributed by atoms with Crippen LogP contribution < -0.4 is 29.7 Å². The summed E-state index contributed by atoms with van der Waals surface area (Å²) in [4.78, 5) is 16.7. The first-order valence-electron chi connectivity index (χ1n) is 14.2. The molecule has 0 amide bonds. The lowest BCUT2D eigenvalue weighted by molar-refractivity contribution is -0.731. The minimum atomic E-state index is 0.477.